The molecule has 0 spiro atoms. The zero-order valence-corrected chi connectivity index (χ0v) is 16.6. The fraction of sp³-hybridized carbons (Fsp3) is 0.273. The fourth-order valence-electron chi connectivity index (χ4n) is 3.61. The van der Waals surface area contributed by atoms with Crippen LogP contribution in [-0.2, 0) is 6.54 Å². The molecule has 2 heterocycles. The third-order valence-corrected chi connectivity index (χ3v) is 5.46. The Labute approximate surface area is 169 Å². The van der Waals surface area contributed by atoms with Crippen LogP contribution in [0.3, 0.4) is 0 Å². The lowest BCUT2D eigenvalue weighted by Gasteiger charge is -2.36. The number of hydrogen-bond acceptors (Lipinski definition) is 4. The highest BCUT2D eigenvalue weighted by Crippen LogP contribution is 2.23. The first-order valence-corrected chi connectivity index (χ1v) is 9.86. The number of hydrogen-bond donors (Lipinski definition) is 0. The molecule has 4 rings (SSSR count). The van der Waals surface area contributed by atoms with E-state index in [4.69, 9.17) is 11.6 Å². The lowest BCUT2D eigenvalue weighted by molar-refractivity contribution is 0.249. The first-order valence-electron chi connectivity index (χ1n) is 9.48. The lowest BCUT2D eigenvalue weighted by Crippen LogP contribution is -2.46. The van der Waals surface area contributed by atoms with Crippen molar-refractivity contribution in [3.05, 3.63) is 87.3 Å². The van der Waals surface area contributed by atoms with E-state index >= 15 is 0 Å². The molecule has 28 heavy (non-hydrogen) atoms. The third-order valence-electron chi connectivity index (χ3n) is 5.10. The van der Waals surface area contributed by atoms with Gasteiger partial charge < -0.3 is 4.90 Å². The Morgan fingerprint density at radius 1 is 1.00 bits per heavy atom. The maximum atomic E-state index is 12.7. The summed E-state index contributed by atoms with van der Waals surface area (Å²) in [5, 5.41) is 4.57. The quantitative estimate of drug-likeness (QED) is 0.679. The molecule has 5 nitrogen and oxygen atoms in total. The number of halogens is 1. The van der Waals surface area contributed by atoms with Gasteiger partial charge in [-0.3, -0.25) is 9.69 Å². The summed E-state index contributed by atoms with van der Waals surface area (Å²) in [4.78, 5) is 17.3. The molecular formula is C22H23ClN4O. The molecule has 1 aromatic heterocycles. The number of benzene rings is 2. The molecule has 0 atom stereocenters. The molecule has 1 fully saturated rings. The van der Waals surface area contributed by atoms with Gasteiger partial charge in [-0.2, -0.15) is 9.78 Å². The number of nitrogens with zero attached hydrogens (tertiary/aromatic N) is 4. The molecular weight excluding hydrogens is 372 g/mol. The summed E-state index contributed by atoms with van der Waals surface area (Å²) in [5.41, 5.74) is 3.76. The zero-order chi connectivity index (χ0) is 19.5. The molecule has 3 aromatic rings. The van der Waals surface area contributed by atoms with E-state index in [9.17, 15) is 4.79 Å². The van der Waals surface area contributed by atoms with E-state index in [-0.39, 0.29) is 10.6 Å². The maximum Gasteiger partial charge on any atom is 0.292 e. The Morgan fingerprint density at radius 3 is 2.46 bits per heavy atom. The van der Waals surface area contributed by atoms with Gasteiger partial charge in [0, 0.05) is 32.7 Å². The van der Waals surface area contributed by atoms with Crippen molar-refractivity contribution in [2.45, 2.75) is 13.5 Å². The van der Waals surface area contributed by atoms with E-state index < -0.39 is 0 Å². The van der Waals surface area contributed by atoms with E-state index in [0.717, 1.165) is 32.7 Å². The molecule has 0 unspecified atom stereocenters. The Hall–Kier alpha value is -2.63. The van der Waals surface area contributed by atoms with Crippen LogP contribution in [0.25, 0.3) is 5.69 Å². The number of anilines is 1. The Bertz CT molecular complexity index is 1010. The van der Waals surface area contributed by atoms with E-state index in [1.54, 1.807) is 6.20 Å². The second-order valence-corrected chi connectivity index (χ2v) is 7.53. The second kappa shape index (κ2) is 8.17. The van der Waals surface area contributed by atoms with Crippen molar-refractivity contribution in [3.63, 3.8) is 0 Å². The average molecular weight is 395 g/mol. The van der Waals surface area contributed by atoms with Crippen molar-refractivity contribution in [1.29, 1.82) is 0 Å². The number of aromatic nitrogens is 2. The highest BCUT2D eigenvalue weighted by Gasteiger charge is 2.21. The van der Waals surface area contributed by atoms with Crippen LogP contribution in [0.4, 0.5) is 5.69 Å². The monoisotopic (exact) mass is 394 g/mol. The van der Waals surface area contributed by atoms with Crippen LogP contribution >= 0.6 is 11.6 Å². The van der Waals surface area contributed by atoms with Crippen LogP contribution in [-0.4, -0.2) is 40.9 Å². The van der Waals surface area contributed by atoms with Gasteiger partial charge >= 0.3 is 0 Å². The lowest BCUT2D eigenvalue weighted by atomic mass is 10.1. The minimum Gasteiger partial charge on any atom is -0.366 e. The first kappa shape index (κ1) is 18.7. The molecule has 1 saturated heterocycles. The standard InChI is InChI=1S/C22H23ClN4O/c1-17-6-5-7-18(14-17)16-25-10-12-26(13-11-25)20-15-24-27(22(28)21(20)23)19-8-3-2-4-9-19/h2-9,14-15H,10-13,16H2,1H3. The molecule has 0 N–H and O–H groups in total. The first-order chi connectivity index (χ1) is 13.6. The van der Waals surface area contributed by atoms with Crippen molar-refractivity contribution in [2.24, 2.45) is 0 Å². The van der Waals surface area contributed by atoms with Crippen LogP contribution in [0.2, 0.25) is 5.02 Å². The van der Waals surface area contributed by atoms with Crippen LogP contribution in [0.15, 0.2) is 65.6 Å². The van der Waals surface area contributed by atoms with Crippen molar-refractivity contribution in [2.75, 3.05) is 31.1 Å². The topological polar surface area (TPSA) is 41.4 Å². The normalized spacial score (nSPS) is 15.0. The summed E-state index contributed by atoms with van der Waals surface area (Å²) in [6.45, 7) is 6.55. The number of rotatable bonds is 4. The minimum atomic E-state index is -0.285. The van der Waals surface area contributed by atoms with Gasteiger partial charge in [0.15, 0.2) is 0 Å². The van der Waals surface area contributed by atoms with E-state index in [2.05, 4.69) is 46.1 Å². The SMILES string of the molecule is Cc1cccc(CN2CCN(c3cnn(-c4ccccc4)c(=O)c3Cl)CC2)c1. The van der Waals surface area contributed by atoms with Gasteiger partial charge in [0.1, 0.15) is 5.02 Å². The minimum absolute atomic E-state index is 0.228. The molecule has 1 aliphatic rings. The van der Waals surface area contributed by atoms with Crippen molar-refractivity contribution < 1.29 is 0 Å². The second-order valence-electron chi connectivity index (χ2n) is 7.15. The van der Waals surface area contributed by atoms with Gasteiger partial charge in [-0.05, 0) is 24.6 Å². The Kier molecular flexibility index (Phi) is 5.46. The van der Waals surface area contributed by atoms with Crippen molar-refractivity contribution in [3.8, 4) is 5.69 Å². The molecule has 1 aliphatic heterocycles. The summed E-state index contributed by atoms with van der Waals surface area (Å²) in [7, 11) is 0. The van der Waals surface area contributed by atoms with Crippen molar-refractivity contribution >= 4 is 17.3 Å². The van der Waals surface area contributed by atoms with Gasteiger partial charge in [-0.15, -0.1) is 0 Å². The van der Waals surface area contributed by atoms with Gasteiger partial charge in [-0.25, -0.2) is 0 Å². The van der Waals surface area contributed by atoms with Crippen LogP contribution < -0.4 is 10.5 Å². The summed E-state index contributed by atoms with van der Waals surface area (Å²) < 4.78 is 1.35. The molecule has 0 saturated carbocycles. The highest BCUT2D eigenvalue weighted by atomic mass is 35.5. The largest absolute Gasteiger partial charge is 0.366 e. The van der Waals surface area contributed by atoms with Crippen LogP contribution in [0.5, 0.6) is 0 Å². The molecule has 2 aromatic carbocycles. The summed E-state index contributed by atoms with van der Waals surface area (Å²) in [5.74, 6) is 0. The Morgan fingerprint density at radius 2 is 1.75 bits per heavy atom. The van der Waals surface area contributed by atoms with Gasteiger partial charge in [-0.1, -0.05) is 59.6 Å². The number of aryl methyl sites for hydroxylation is 1. The van der Waals surface area contributed by atoms with Gasteiger partial charge in [0.05, 0.1) is 17.6 Å². The number of piperazine rings is 1. The van der Waals surface area contributed by atoms with Gasteiger partial charge in [0.2, 0.25) is 0 Å². The van der Waals surface area contributed by atoms with Crippen LogP contribution in [0, 0.1) is 6.92 Å². The highest BCUT2D eigenvalue weighted by molar-refractivity contribution is 6.33. The molecule has 144 valence electrons. The zero-order valence-electron chi connectivity index (χ0n) is 15.9. The predicted molar refractivity (Wildman–Crippen MR) is 114 cm³/mol. The number of para-hydroxylation sites is 1. The summed E-state index contributed by atoms with van der Waals surface area (Å²) in [6, 6.07) is 18.0. The van der Waals surface area contributed by atoms with E-state index in [0.29, 0.717) is 11.4 Å². The molecule has 0 amide bonds. The maximum absolute atomic E-state index is 12.7. The third kappa shape index (κ3) is 3.96. The average Bonchev–Trinajstić information content (AvgIpc) is 2.71. The summed E-state index contributed by atoms with van der Waals surface area (Å²) >= 11 is 6.44. The predicted octanol–water partition coefficient (Wildman–Crippen LogP) is 3.52. The van der Waals surface area contributed by atoms with E-state index in [1.807, 2.05) is 30.3 Å². The van der Waals surface area contributed by atoms with E-state index in [1.165, 1.54) is 15.8 Å². The molecule has 0 bridgehead atoms. The fourth-order valence-corrected chi connectivity index (χ4v) is 3.86. The molecule has 0 radical (unpaired) electrons. The van der Waals surface area contributed by atoms with Crippen LogP contribution in [0.1, 0.15) is 11.1 Å². The molecule has 6 heteroatoms. The smallest absolute Gasteiger partial charge is 0.292 e. The Balaban J connectivity index is 1.46. The summed E-state index contributed by atoms with van der Waals surface area (Å²) in [6.07, 6.45) is 1.70. The molecule has 0 aliphatic carbocycles. The van der Waals surface area contributed by atoms with Gasteiger partial charge in [0.25, 0.3) is 5.56 Å². The van der Waals surface area contributed by atoms with Crippen molar-refractivity contribution in [1.82, 2.24) is 14.7 Å².